The number of piperidine rings is 1. The molecule has 1 aromatic carbocycles. The third-order valence-electron chi connectivity index (χ3n) is 4.25. The minimum absolute atomic E-state index is 0.146. The lowest BCUT2D eigenvalue weighted by Gasteiger charge is -2.26. The molecule has 0 spiro atoms. The zero-order valence-electron chi connectivity index (χ0n) is 14.9. The van der Waals surface area contributed by atoms with Crippen LogP contribution in [0.5, 0.6) is 5.75 Å². The number of hydrogen-bond acceptors (Lipinski definition) is 5. The minimum atomic E-state index is -3.60. The van der Waals surface area contributed by atoms with Crippen LogP contribution in [0.2, 0.25) is 4.34 Å². The highest BCUT2D eigenvalue weighted by atomic mass is 35.5. The molecule has 146 valence electrons. The van der Waals surface area contributed by atoms with Crippen molar-refractivity contribution in [3.05, 3.63) is 39.5 Å². The molecule has 1 aliphatic heterocycles. The maximum atomic E-state index is 12.9. The van der Waals surface area contributed by atoms with Crippen LogP contribution >= 0.6 is 22.9 Å². The van der Waals surface area contributed by atoms with Gasteiger partial charge in [0.1, 0.15) is 5.75 Å². The van der Waals surface area contributed by atoms with E-state index < -0.39 is 10.0 Å². The lowest BCUT2D eigenvalue weighted by Crippen LogP contribution is -2.35. The third kappa shape index (κ3) is 4.63. The van der Waals surface area contributed by atoms with Gasteiger partial charge in [0.15, 0.2) is 0 Å². The molecule has 27 heavy (non-hydrogen) atoms. The van der Waals surface area contributed by atoms with Crippen molar-refractivity contribution in [1.82, 2.24) is 4.31 Å². The van der Waals surface area contributed by atoms with Gasteiger partial charge in [0.2, 0.25) is 10.0 Å². The molecule has 9 heteroatoms. The number of carbonyl (C=O) groups is 1. The van der Waals surface area contributed by atoms with Crippen molar-refractivity contribution in [3.8, 4) is 5.75 Å². The van der Waals surface area contributed by atoms with Crippen molar-refractivity contribution in [3.63, 3.8) is 0 Å². The summed E-state index contributed by atoms with van der Waals surface area (Å²) in [6.45, 7) is 3.25. The monoisotopic (exact) mass is 428 g/mol. The zero-order valence-corrected chi connectivity index (χ0v) is 17.3. The largest absolute Gasteiger partial charge is 0.492 e. The van der Waals surface area contributed by atoms with Crippen LogP contribution in [0.4, 0.5) is 5.69 Å². The molecule has 0 atom stereocenters. The number of amides is 1. The van der Waals surface area contributed by atoms with Crippen LogP contribution in [0.3, 0.4) is 0 Å². The van der Waals surface area contributed by atoms with Gasteiger partial charge in [-0.2, -0.15) is 4.31 Å². The predicted octanol–water partition coefficient (Wildman–Crippen LogP) is 4.23. The van der Waals surface area contributed by atoms with E-state index in [1.807, 2.05) is 6.92 Å². The molecule has 3 rings (SSSR count). The number of thiophene rings is 1. The van der Waals surface area contributed by atoms with E-state index in [-0.39, 0.29) is 10.8 Å². The van der Waals surface area contributed by atoms with E-state index in [2.05, 4.69) is 5.32 Å². The summed E-state index contributed by atoms with van der Waals surface area (Å²) >= 11 is 7.04. The molecule has 0 radical (unpaired) electrons. The lowest BCUT2D eigenvalue weighted by atomic mass is 10.2. The summed E-state index contributed by atoms with van der Waals surface area (Å²) in [7, 11) is -3.60. The molecule has 0 saturated carbocycles. The number of carbonyl (C=O) groups excluding carboxylic acids is 1. The van der Waals surface area contributed by atoms with Gasteiger partial charge in [-0.25, -0.2) is 8.42 Å². The fourth-order valence-corrected chi connectivity index (χ4v) is 5.41. The van der Waals surface area contributed by atoms with Gasteiger partial charge in [-0.15, -0.1) is 11.3 Å². The quantitative estimate of drug-likeness (QED) is 0.747. The van der Waals surface area contributed by atoms with Crippen LogP contribution in [-0.4, -0.2) is 38.3 Å². The number of rotatable bonds is 6. The molecular formula is C18H21ClN2O4S2. The molecule has 2 aromatic rings. The Labute approximate surface area is 168 Å². The number of nitrogens with zero attached hydrogens (tertiary/aromatic N) is 1. The molecule has 0 unspecified atom stereocenters. The highest BCUT2D eigenvalue weighted by Gasteiger charge is 2.27. The normalized spacial score (nSPS) is 15.5. The SMILES string of the molecule is CCOc1ccc(S(=O)(=O)N2CCCCC2)cc1NC(=O)c1ccc(Cl)s1. The summed E-state index contributed by atoms with van der Waals surface area (Å²) in [5.41, 5.74) is 0.324. The van der Waals surface area contributed by atoms with Crippen molar-refractivity contribution in [2.45, 2.75) is 31.1 Å². The van der Waals surface area contributed by atoms with Gasteiger partial charge < -0.3 is 10.1 Å². The summed E-state index contributed by atoms with van der Waals surface area (Å²) in [6.07, 6.45) is 2.76. The topological polar surface area (TPSA) is 75.7 Å². The molecule has 2 heterocycles. The molecule has 1 amide bonds. The second-order valence-electron chi connectivity index (χ2n) is 6.11. The second kappa shape index (κ2) is 8.60. The fraction of sp³-hybridized carbons (Fsp3) is 0.389. The molecule has 1 aromatic heterocycles. The number of halogens is 1. The van der Waals surface area contributed by atoms with Crippen LogP contribution < -0.4 is 10.1 Å². The van der Waals surface area contributed by atoms with Crippen molar-refractivity contribution >= 4 is 44.6 Å². The smallest absolute Gasteiger partial charge is 0.265 e. The molecular weight excluding hydrogens is 408 g/mol. The third-order valence-corrected chi connectivity index (χ3v) is 7.37. The van der Waals surface area contributed by atoms with Crippen molar-refractivity contribution in [2.24, 2.45) is 0 Å². The van der Waals surface area contributed by atoms with E-state index >= 15 is 0 Å². The highest BCUT2D eigenvalue weighted by Crippen LogP contribution is 2.31. The average molecular weight is 429 g/mol. The summed E-state index contributed by atoms with van der Waals surface area (Å²) in [6, 6.07) is 7.82. The van der Waals surface area contributed by atoms with Crippen LogP contribution in [0, 0.1) is 0 Å². The van der Waals surface area contributed by atoms with E-state index in [1.165, 1.54) is 16.4 Å². The van der Waals surface area contributed by atoms with Crippen molar-refractivity contribution in [1.29, 1.82) is 0 Å². The molecule has 0 bridgehead atoms. The van der Waals surface area contributed by atoms with E-state index in [0.717, 1.165) is 30.6 Å². The molecule has 1 saturated heterocycles. The number of hydrogen-bond donors (Lipinski definition) is 1. The molecule has 6 nitrogen and oxygen atoms in total. The van der Waals surface area contributed by atoms with Gasteiger partial charge in [0, 0.05) is 13.1 Å². The minimum Gasteiger partial charge on any atom is -0.492 e. The molecule has 1 N–H and O–H groups in total. The number of benzene rings is 1. The average Bonchev–Trinajstić information content (AvgIpc) is 3.10. The molecule has 1 aliphatic rings. The fourth-order valence-electron chi connectivity index (χ4n) is 2.92. The number of sulfonamides is 1. The lowest BCUT2D eigenvalue weighted by molar-refractivity contribution is 0.103. The molecule has 0 aliphatic carbocycles. The van der Waals surface area contributed by atoms with Crippen molar-refractivity contribution < 1.29 is 17.9 Å². The molecule has 1 fully saturated rings. The van der Waals surface area contributed by atoms with E-state index in [1.54, 1.807) is 18.2 Å². The Morgan fingerprint density at radius 2 is 1.96 bits per heavy atom. The summed E-state index contributed by atoms with van der Waals surface area (Å²) in [5, 5.41) is 2.75. The number of nitrogens with one attached hydrogen (secondary N) is 1. The highest BCUT2D eigenvalue weighted by molar-refractivity contribution is 7.89. The van der Waals surface area contributed by atoms with Gasteiger partial charge in [-0.3, -0.25) is 4.79 Å². The Morgan fingerprint density at radius 3 is 2.59 bits per heavy atom. The van der Waals surface area contributed by atoms with Gasteiger partial charge in [-0.1, -0.05) is 18.0 Å². The summed E-state index contributed by atoms with van der Waals surface area (Å²) in [5.74, 6) is 0.0615. The van der Waals surface area contributed by atoms with Crippen LogP contribution in [0.15, 0.2) is 35.2 Å². The number of ether oxygens (including phenoxy) is 1. The first-order chi connectivity index (χ1) is 12.9. The van der Waals surface area contributed by atoms with Gasteiger partial charge in [0.25, 0.3) is 5.91 Å². The van der Waals surface area contributed by atoms with E-state index in [9.17, 15) is 13.2 Å². The Kier molecular flexibility index (Phi) is 6.41. The van der Waals surface area contributed by atoms with Gasteiger partial charge >= 0.3 is 0 Å². The maximum absolute atomic E-state index is 12.9. The first-order valence-corrected chi connectivity index (χ1v) is 11.4. The standard InChI is InChI=1S/C18H21ClN2O4S2/c1-2-25-15-7-6-13(27(23,24)21-10-4-3-5-11-21)12-14(15)20-18(22)16-8-9-17(19)26-16/h6-9,12H,2-5,10-11H2,1H3,(H,20,22). The summed E-state index contributed by atoms with van der Waals surface area (Å²) in [4.78, 5) is 13.1. The van der Waals surface area contributed by atoms with Crippen molar-refractivity contribution in [2.75, 3.05) is 25.0 Å². The van der Waals surface area contributed by atoms with E-state index in [4.69, 9.17) is 16.3 Å². The Bertz CT molecular complexity index is 921. The Morgan fingerprint density at radius 1 is 1.22 bits per heavy atom. The van der Waals surface area contributed by atoms with Gasteiger partial charge in [0.05, 0.1) is 26.4 Å². The van der Waals surface area contributed by atoms with E-state index in [0.29, 0.717) is 40.3 Å². The predicted molar refractivity (Wildman–Crippen MR) is 108 cm³/mol. The summed E-state index contributed by atoms with van der Waals surface area (Å²) < 4.78 is 33.4. The number of anilines is 1. The first-order valence-electron chi connectivity index (χ1n) is 8.75. The van der Waals surface area contributed by atoms with Crippen LogP contribution in [0.1, 0.15) is 35.9 Å². The van der Waals surface area contributed by atoms with Gasteiger partial charge in [-0.05, 0) is 50.1 Å². The zero-order chi connectivity index (χ0) is 19.4. The first kappa shape index (κ1) is 20.1. The maximum Gasteiger partial charge on any atom is 0.265 e. The Balaban J connectivity index is 1.91. The van der Waals surface area contributed by atoms with Crippen LogP contribution in [-0.2, 0) is 10.0 Å². The Hall–Kier alpha value is -1.61. The second-order valence-corrected chi connectivity index (χ2v) is 9.77. The van der Waals surface area contributed by atoms with Crippen LogP contribution in [0.25, 0.3) is 0 Å².